The number of para-hydroxylation sites is 1. The summed E-state index contributed by atoms with van der Waals surface area (Å²) in [5.74, 6) is -1.50. The number of carbonyl (C=O) groups is 1. The van der Waals surface area contributed by atoms with Crippen LogP contribution in [0.2, 0.25) is 0 Å². The van der Waals surface area contributed by atoms with Crippen molar-refractivity contribution in [2.24, 2.45) is 0 Å². The van der Waals surface area contributed by atoms with Gasteiger partial charge in [0.2, 0.25) is 0 Å². The smallest absolute Gasteiger partial charge is 0.251 e. The van der Waals surface area contributed by atoms with Gasteiger partial charge in [-0.05, 0) is 49.9 Å². The number of carbonyl (C=O) groups excluding carboxylic acids is 1. The van der Waals surface area contributed by atoms with Gasteiger partial charge < -0.3 is 15.5 Å². The number of amides is 1. The van der Waals surface area contributed by atoms with Gasteiger partial charge in [-0.25, -0.2) is 13.8 Å². The zero-order chi connectivity index (χ0) is 22.0. The summed E-state index contributed by atoms with van der Waals surface area (Å²) in [5.41, 5.74) is 2.19. The fourth-order valence-corrected chi connectivity index (χ4v) is 4.10. The first-order chi connectivity index (χ1) is 14.9. The van der Waals surface area contributed by atoms with Crippen molar-refractivity contribution in [2.75, 3.05) is 24.3 Å². The predicted octanol–water partition coefficient (Wildman–Crippen LogP) is 5.15. The number of rotatable bonds is 5. The van der Waals surface area contributed by atoms with Gasteiger partial charge >= 0.3 is 0 Å². The molecule has 1 saturated carbocycles. The Balaban J connectivity index is 0.00000289. The molecule has 5 nitrogen and oxygen atoms in total. The van der Waals surface area contributed by atoms with Gasteiger partial charge in [-0.15, -0.1) is 12.4 Å². The highest BCUT2D eigenvalue weighted by molar-refractivity contribution is 5.94. The van der Waals surface area contributed by atoms with Crippen LogP contribution < -0.4 is 15.5 Å². The Labute approximate surface area is 192 Å². The highest BCUT2D eigenvalue weighted by Crippen LogP contribution is 2.29. The molecule has 3 aromatic rings. The molecular formula is C24H27ClF2N4O. The molecular weight excluding hydrogens is 434 g/mol. The van der Waals surface area contributed by atoms with Gasteiger partial charge in [0.15, 0.2) is 11.6 Å². The Bertz CT molecular complexity index is 1100. The molecule has 2 aromatic carbocycles. The van der Waals surface area contributed by atoms with E-state index in [4.69, 9.17) is 4.98 Å². The number of anilines is 2. The van der Waals surface area contributed by atoms with Crippen LogP contribution in [-0.4, -0.2) is 37.1 Å². The molecule has 0 aliphatic heterocycles. The Kier molecular flexibility index (Phi) is 7.51. The van der Waals surface area contributed by atoms with Gasteiger partial charge in [-0.1, -0.05) is 18.2 Å². The van der Waals surface area contributed by atoms with Crippen molar-refractivity contribution in [1.29, 1.82) is 0 Å². The maximum Gasteiger partial charge on any atom is 0.251 e. The molecule has 1 heterocycles. The number of pyridine rings is 1. The molecule has 0 bridgehead atoms. The van der Waals surface area contributed by atoms with E-state index in [0.717, 1.165) is 60.2 Å². The zero-order valence-corrected chi connectivity index (χ0v) is 18.9. The van der Waals surface area contributed by atoms with Crippen LogP contribution in [0.4, 0.5) is 20.3 Å². The Morgan fingerprint density at radius 1 is 0.969 bits per heavy atom. The van der Waals surface area contributed by atoms with E-state index in [0.29, 0.717) is 0 Å². The lowest BCUT2D eigenvalue weighted by atomic mass is 9.91. The number of nitrogens with one attached hydrogen (secondary N) is 2. The van der Waals surface area contributed by atoms with Crippen molar-refractivity contribution in [2.45, 2.75) is 37.8 Å². The second-order valence-electron chi connectivity index (χ2n) is 8.23. The van der Waals surface area contributed by atoms with Crippen molar-refractivity contribution < 1.29 is 13.6 Å². The lowest BCUT2D eigenvalue weighted by molar-refractivity contribution is 0.0926. The SMILES string of the molecule is CN(C)c1cc(NC2CCC(NC(=O)c3ccc(F)c(F)c3)CC2)nc2ccccc12.Cl. The molecule has 1 fully saturated rings. The van der Waals surface area contributed by atoms with Crippen LogP contribution in [0.5, 0.6) is 0 Å². The number of fused-ring (bicyclic) bond motifs is 1. The average Bonchev–Trinajstić information content (AvgIpc) is 2.76. The Hall–Kier alpha value is -2.93. The summed E-state index contributed by atoms with van der Waals surface area (Å²) in [6.07, 6.45) is 3.38. The van der Waals surface area contributed by atoms with E-state index >= 15 is 0 Å². The molecule has 32 heavy (non-hydrogen) atoms. The highest BCUT2D eigenvalue weighted by Gasteiger charge is 2.23. The number of aromatic nitrogens is 1. The fraction of sp³-hybridized carbons (Fsp3) is 0.333. The van der Waals surface area contributed by atoms with E-state index in [9.17, 15) is 13.6 Å². The third-order valence-corrected chi connectivity index (χ3v) is 5.77. The largest absolute Gasteiger partial charge is 0.377 e. The molecule has 0 unspecified atom stereocenters. The third-order valence-electron chi connectivity index (χ3n) is 5.77. The van der Waals surface area contributed by atoms with Gasteiger partial charge in [0.1, 0.15) is 5.82 Å². The van der Waals surface area contributed by atoms with Crippen LogP contribution in [0.15, 0.2) is 48.5 Å². The van der Waals surface area contributed by atoms with E-state index in [1.165, 1.54) is 6.07 Å². The van der Waals surface area contributed by atoms with E-state index in [-0.39, 0.29) is 36.0 Å². The van der Waals surface area contributed by atoms with Gasteiger partial charge in [0, 0.05) is 48.9 Å². The molecule has 0 atom stereocenters. The van der Waals surface area contributed by atoms with Crippen LogP contribution in [-0.2, 0) is 0 Å². The van der Waals surface area contributed by atoms with Crippen LogP contribution in [0, 0.1) is 11.6 Å². The summed E-state index contributed by atoms with van der Waals surface area (Å²) in [4.78, 5) is 19.2. The first-order valence-electron chi connectivity index (χ1n) is 10.5. The quantitative estimate of drug-likeness (QED) is 0.552. The zero-order valence-electron chi connectivity index (χ0n) is 18.1. The summed E-state index contributed by atoms with van der Waals surface area (Å²) in [5, 5.41) is 7.59. The fourth-order valence-electron chi connectivity index (χ4n) is 4.10. The molecule has 8 heteroatoms. The maximum atomic E-state index is 13.4. The molecule has 1 aromatic heterocycles. The molecule has 4 rings (SSSR count). The number of hydrogen-bond donors (Lipinski definition) is 2. The number of nitrogens with zero attached hydrogens (tertiary/aromatic N) is 2. The molecule has 170 valence electrons. The van der Waals surface area contributed by atoms with E-state index in [2.05, 4.69) is 27.7 Å². The summed E-state index contributed by atoms with van der Waals surface area (Å²) in [7, 11) is 4.04. The van der Waals surface area contributed by atoms with Crippen molar-refractivity contribution >= 4 is 40.7 Å². The van der Waals surface area contributed by atoms with Crippen LogP contribution in [0.1, 0.15) is 36.0 Å². The molecule has 1 amide bonds. The number of hydrogen-bond acceptors (Lipinski definition) is 4. The molecule has 0 spiro atoms. The first kappa shape index (κ1) is 23.7. The summed E-state index contributed by atoms with van der Waals surface area (Å²) < 4.78 is 26.5. The summed E-state index contributed by atoms with van der Waals surface area (Å²) in [6.45, 7) is 0. The van der Waals surface area contributed by atoms with Crippen molar-refractivity contribution in [3.63, 3.8) is 0 Å². The van der Waals surface area contributed by atoms with E-state index < -0.39 is 11.6 Å². The van der Waals surface area contributed by atoms with E-state index in [1.807, 2.05) is 32.3 Å². The average molecular weight is 461 g/mol. The minimum atomic E-state index is -1.01. The lowest BCUT2D eigenvalue weighted by Crippen LogP contribution is -2.40. The molecule has 1 aliphatic rings. The van der Waals surface area contributed by atoms with Gasteiger partial charge in [0.05, 0.1) is 5.52 Å². The van der Waals surface area contributed by atoms with E-state index in [1.54, 1.807) is 0 Å². The second kappa shape index (κ2) is 10.1. The lowest BCUT2D eigenvalue weighted by Gasteiger charge is -2.30. The molecule has 1 aliphatic carbocycles. The monoisotopic (exact) mass is 460 g/mol. The summed E-state index contributed by atoms with van der Waals surface area (Å²) >= 11 is 0. The van der Waals surface area contributed by atoms with Crippen LogP contribution >= 0.6 is 12.4 Å². The van der Waals surface area contributed by atoms with Crippen molar-refractivity contribution in [1.82, 2.24) is 10.3 Å². The Morgan fingerprint density at radius 2 is 1.66 bits per heavy atom. The van der Waals surface area contributed by atoms with Crippen LogP contribution in [0.25, 0.3) is 10.9 Å². The second-order valence-corrected chi connectivity index (χ2v) is 8.23. The predicted molar refractivity (Wildman–Crippen MR) is 127 cm³/mol. The Morgan fingerprint density at radius 3 is 2.34 bits per heavy atom. The standard InChI is InChI=1S/C24H26F2N4O.ClH/c1-30(2)22-14-23(29-21-6-4-3-5-18(21)22)27-16-8-10-17(11-9-16)28-24(31)15-7-12-19(25)20(26)13-15;/h3-7,12-14,16-17H,8-11H2,1-2H3,(H,27,29)(H,28,31);1H. The van der Waals surface area contributed by atoms with Gasteiger partial charge in [-0.3, -0.25) is 4.79 Å². The normalized spacial score (nSPS) is 18.0. The number of halogens is 3. The van der Waals surface area contributed by atoms with Crippen molar-refractivity contribution in [3.8, 4) is 0 Å². The topological polar surface area (TPSA) is 57.3 Å². The third kappa shape index (κ3) is 5.27. The summed E-state index contributed by atoms with van der Waals surface area (Å²) in [6, 6.07) is 13.6. The highest BCUT2D eigenvalue weighted by atomic mass is 35.5. The molecule has 2 N–H and O–H groups in total. The molecule has 0 saturated heterocycles. The minimum Gasteiger partial charge on any atom is -0.377 e. The van der Waals surface area contributed by atoms with Crippen molar-refractivity contribution in [3.05, 3.63) is 65.7 Å². The number of benzene rings is 2. The molecule has 0 radical (unpaired) electrons. The first-order valence-corrected chi connectivity index (χ1v) is 10.5. The maximum absolute atomic E-state index is 13.4. The minimum absolute atomic E-state index is 0. The van der Waals surface area contributed by atoms with Gasteiger partial charge in [-0.2, -0.15) is 0 Å². The van der Waals surface area contributed by atoms with Gasteiger partial charge in [0.25, 0.3) is 5.91 Å². The van der Waals surface area contributed by atoms with Crippen LogP contribution in [0.3, 0.4) is 0 Å².